The summed E-state index contributed by atoms with van der Waals surface area (Å²) in [6.45, 7) is 0. The van der Waals surface area contributed by atoms with Gasteiger partial charge in [-0.2, -0.15) is 0 Å². The Labute approximate surface area is 384 Å². The van der Waals surface area contributed by atoms with Crippen LogP contribution in [0.15, 0.2) is 170 Å². The van der Waals surface area contributed by atoms with Gasteiger partial charge in [0.2, 0.25) is 0 Å². The fourth-order valence-corrected chi connectivity index (χ4v) is 6.46. The van der Waals surface area contributed by atoms with Gasteiger partial charge in [-0.15, -0.1) is 0 Å². The van der Waals surface area contributed by atoms with Crippen molar-refractivity contribution in [1.82, 2.24) is 19.9 Å². The Morgan fingerprint density at radius 2 is 1.02 bits per heavy atom. The molecule has 0 bridgehead atoms. The second-order valence-electron chi connectivity index (χ2n) is 13.8. The van der Waals surface area contributed by atoms with E-state index in [2.05, 4.69) is 19.9 Å². The maximum Gasteiger partial charge on any atom is 0.492 e. The highest BCUT2D eigenvalue weighted by Gasteiger charge is 2.19. The molecule has 2 heterocycles. The first-order valence-corrected chi connectivity index (χ1v) is 20.3. The third-order valence-corrected chi connectivity index (χ3v) is 9.57. The first kappa shape index (κ1) is 47.2. The molecule has 18 heteroatoms. The summed E-state index contributed by atoms with van der Waals surface area (Å²) in [6, 6.07) is 46.4. The molecule has 0 unspecified atom stereocenters. The number of halogens is 1. The zero-order valence-electron chi connectivity index (χ0n) is 35.4. The Morgan fingerprint density at radius 3 is 1.53 bits per heavy atom. The van der Waals surface area contributed by atoms with Crippen LogP contribution in [0.1, 0.15) is 22.5 Å². The minimum absolute atomic E-state index is 0.0693. The van der Waals surface area contributed by atoms with Gasteiger partial charge in [-0.25, -0.2) is 19.9 Å². The van der Waals surface area contributed by atoms with Crippen LogP contribution in [0.4, 0.5) is 11.4 Å². The fourth-order valence-electron chi connectivity index (χ4n) is 6.29. The minimum atomic E-state index is -1.53. The van der Waals surface area contributed by atoms with Crippen LogP contribution in [0.2, 0.25) is 5.15 Å². The van der Waals surface area contributed by atoms with E-state index < -0.39 is 17.0 Å². The summed E-state index contributed by atoms with van der Waals surface area (Å²) in [4.78, 5) is 37.9. The van der Waals surface area contributed by atoms with E-state index in [1.165, 1.54) is 39.0 Å². The van der Waals surface area contributed by atoms with Crippen molar-refractivity contribution >= 4 is 35.6 Å². The quantitative estimate of drug-likeness (QED) is 0.0450. The molecular weight excluding hydrogens is 867 g/mol. The lowest BCUT2D eigenvalue weighted by Gasteiger charge is -2.11. The molecule has 0 amide bonds. The van der Waals surface area contributed by atoms with Crippen LogP contribution in [0.3, 0.4) is 0 Å². The zero-order valence-corrected chi connectivity index (χ0v) is 36.1. The summed E-state index contributed by atoms with van der Waals surface area (Å²) in [5, 5.41) is 40.9. The van der Waals surface area contributed by atoms with E-state index in [1.54, 1.807) is 66.7 Å². The van der Waals surface area contributed by atoms with Crippen molar-refractivity contribution < 1.29 is 38.8 Å². The Hall–Kier alpha value is -8.25. The number of nitrogens with zero attached hydrogens (tertiary/aromatic N) is 6. The maximum atomic E-state index is 11.3. The minimum Gasteiger partial charge on any atom is -0.490 e. The number of ether oxygens (including phenoxy) is 4. The van der Waals surface area contributed by atoms with Crippen LogP contribution in [0, 0.1) is 20.2 Å². The average Bonchev–Trinajstić information content (AvgIpc) is 3.33. The summed E-state index contributed by atoms with van der Waals surface area (Å²) in [5.74, 6) is 2.98. The molecular formula is C48H40BClN6O10. The smallest absolute Gasteiger partial charge is 0.490 e. The molecule has 2 aromatic heterocycles. The van der Waals surface area contributed by atoms with Crippen molar-refractivity contribution in [2.45, 2.75) is 12.8 Å². The zero-order chi connectivity index (χ0) is 46.8. The topological polar surface area (TPSA) is 215 Å². The van der Waals surface area contributed by atoms with E-state index >= 15 is 0 Å². The largest absolute Gasteiger partial charge is 0.492 e. The van der Waals surface area contributed by atoms with Gasteiger partial charge in [0, 0.05) is 47.4 Å². The summed E-state index contributed by atoms with van der Waals surface area (Å²) in [6.07, 6.45) is 3.70. The number of para-hydroxylation sites is 4. The van der Waals surface area contributed by atoms with Crippen LogP contribution in [-0.4, -0.2) is 61.2 Å². The standard InChI is InChI=1S/C24H19N3O4.C12H11BO3.C12H10ClN3O3/c1-30-24-12-11-17(14-22(24)27(28)29)13-18-15-21(26-16-25-18)20-9-5-6-10-23(20)31-19-7-3-2-4-8-19;14-13(15)11-8-4-5-9-12(11)16-10-6-2-1-3-7-10;1-19-11-3-2-8(5-10(11)16(17)18)4-9-6-12(13)15-7-14-9/h2-12,14-16H,13H2,1H3;1-9,14-15H;2-3,5-7H,4H2,1H3. The Kier molecular flexibility index (Phi) is 16.8. The molecule has 66 heavy (non-hydrogen) atoms. The summed E-state index contributed by atoms with van der Waals surface area (Å²) < 4.78 is 21.6. The third kappa shape index (κ3) is 13.4. The van der Waals surface area contributed by atoms with Gasteiger partial charge in [0.15, 0.2) is 11.5 Å². The van der Waals surface area contributed by atoms with E-state index in [9.17, 15) is 20.2 Å². The molecule has 8 aromatic rings. The van der Waals surface area contributed by atoms with Gasteiger partial charge < -0.3 is 29.0 Å². The van der Waals surface area contributed by atoms with E-state index in [-0.39, 0.29) is 22.9 Å². The normalized spacial score (nSPS) is 10.3. The van der Waals surface area contributed by atoms with Crippen LogP contribution in [0.5, 0.6) is 34.5 Å². The molecule has 332 valence electrons. The second kappa shape index (κ2) is 23.4. The predicted molar refractivity (Wildman–Crippen MR) is 249 cm³/mol. The van der Waals surface area contributed by atoms with Crippen LogP contribution >= 0.6 is 11.6 Å². The summed E-state index contributed by atoms with van der Waals surface area (Å²) in [7, 11) is 1.28. The summed E-state index contributed by atoms with van der Waals surface area (Å²) in [5.41, 5.74) is 4.68. The first-order valence-electron chi connectivity index (χ1n) is 19.9. The molecule has 0 aliphatic rings. The first-order chi connectivity index (χ1) is 32.0. The Bertz CT molecular complexity index is 2880. The van der Waals surface area contributed by atoms with Gasteiger partial charge in [0.1, 0.15) is 40.8 Å². The lowest BCUT2D eigenvalue weighted by atomic mass is 9.79. The van der Waals surface area contributed by atoms with E-state index in [0.29, 0.717) is 52.1 Å². The van der Waals surface area contributed by atoms with Crippen LogP contribution in [0.25, 0.3) is 11.3 Å². The van der Waals surface area contributed by atoms with E-state index in [0.717, 1.165) is 28.1 Å². The number of hydrogen-bond donors (Lipinski definition) is 2. The number of hydrogen-bond acceptors (Lipinski definition) is 14. The van der Waals surface area contributed by atoms with Crippen molar-refractivity contribution in [3.8, 4) is 45.8 Å². The summed E-state index contributed by atoms with van der Waals surface area (Å²) >= 11 is 5.76. The lowest BCUT2D eigenvalue weighted by Crippen LogP contribution is -2.30. The molecule has 0 radical (unpaired) electrons. The molecule has 0 aliphatic carbocycles. The molecule has 0 saturated heterocycles. The van der Waals surface area contributed by atoms with Crippen molar-refractivity contribution in [3.05, 3.63) is 218 Å². The molecule has 2 N–H and O–H groups in total. The Balaban J connectivity index is 0.000000176. The number of nitro benzene ring substituents is 2. The number of methoxy groups -OCH3 is 2. The van der Waals surface area contributed by atoms with E-state index in [4.69, 9.17) is 40.6 Å². The second-order valence-corrected chi connectivity index (χ2v) is 14.2. The molecule has 0 spiro atoms. The highest BCUT2D eigenvalue weighted by molar-refractivity contribution is 6.59. The van der Waals surface area contributed by atoms with Crippen molar-refractivity contribution in [2.24, 2.45) is 0 Å². The SMILES string of the molecule is COc1ccc(Cc2cc(-c3ccccc3Oc3ccccc3)ncn2)cc1[N+](=O)[O-].COc1ccc(Cc2cc(Cl)ncn2)cc1[N+](=O)[O-].OB(O)c1ccccc1Oc1ccccc1. The monoisotopic (exact) mass is 906 g/mol. The number of rotatable bonds is 14. The van der Waals surface area contributed by atoms with Gasteiger partial charge in [-0.1, -0.05) is 90.5 Å². The lowest BCUT2D eigenvalue weighted by molar-refractivity contribution is -0.385. The van der Waals surface area contributed by atoms with Gasteiger partial charge in [-0.3, -0.25) is 20.2 Å². The van der Waals surface area contributed by atoms with Crippen molar-refractivity contribution in [3.63, 3.8) is 0 Å². The van der Waals surface area contributed by atoms with Crippen molar-refractivity contribution in [1.29, 1.82) is 0 Å². The molecule has 6 aromatic carbocycles. The van der Waals surface area contributed by atoms with E-state index in [1.807, 2.05) is 78.9 Å². The van der Waals surface area contributed by atoms with Gasteiger partial charge in [0.05, 0.1) is 29.8 Å². The maximum absolute atomic E-state index is 11.3. The van der Waals surface area contributed by atoms with Gasteiger partial charge in [0.25, 0.3) is 0 Å². The molecule has 0 fully saturated rings. The average molecular weight is 907 g/mol. The predicted octanol–water partition coefficient (Wildman–Crippen LogP) is 9.24. The van der Waals surface area contributed by atoms with Crippen LogP contribution in [-0.2, 0) is 12.8 Å². The van der Waals surface area contributed by atoms with Gasteiger partial charge >= 0.3 is 18.5 Å². The van der Waals surface area contributed by atoms with Gasteiger partial charge in [-0.05, 0) is 77.9 Å². The van der Waals surface area contributed by atoms with Crippen molar-refractivity contribution in [2.75, 3.05) is 14.2 Å². The highest BCUT2D eigenvalue weighted by Crippen LogP contribution is 2.33. The number of nitro groups is 2. The molecule has 0 saturated carbocycles. The molecule has 0 aliphatic heterocycles. The molecule has 16 nitrogen and oxygen atoms in total. The highest BCUT2D eigenvalue weighted by atomic mass is 35.5. The number of benzene rings is 6. The van der Waals surface area contributed by atoms with Crippen LogP contribution < -0.4 is 24.4 Å². The third-order valence-electron chi connectivity index (χ3n) is 9.37. The number of aromatic nitrogens is 4. The fraction of sp³-hybridized carbons (Fsp3) is 0.0833. The Morgan fingerprint density at radius 1 is 0.545 bits per heavy atom. The molecule has 8 rings (SSSR count). The molecule has 0 atom stereocenters.